The molecule has 1 aliphatic heterocycles. The van der Waals surface area contributed by atoms with Gasteiger partial charge in [-0.05, 0) is 43.2 Å². The Morgan fingerprint density at radius 1 is 0.829 bits per heavy atom. The van der Waals surface area contributed by atoms with Crippen LogP contribution in [0.5, 0.6) is 0 Å². The summed E-state index contributed by atoms with van der Waals surface area (Å²) in [7, 11) is 0. The highest BCUT2D eigenvalue weighted by Gasteiger charge is 2.26. The lowest BCUT2D eigenvalue weighted by molar-refractivity contribution is 0.0762. The SMILES string of the molecule is Cc1cccc(C(=O)N2CCCN(C(=O)NC(c3ccccc3)c3cc4ccccc4o3)CC2)c1. The Balaban J connectivity index is 1.31. The summed E-state index contributed by atoms with van der Waals surface area (Å²) < 4.78 is 6.12. The lowest BCUT2D eigenvalue weighted by Gasteiger charge is -2.25. The second-order valence-corrected chi connectivity index (χ2v) is 8.98. The number of benzene rings is 3. The maximum Gasteiger partial charge on any atom is 0.318 e. The van der Waals surface area contributed by atoms with Crippen molar-refractivity contribution >= 4 is 22.9 Å². The lowest BCUT2D eigenvalue weighted by atomic mass is 10.0. The predicted octanol–water partition coefficient (Wildman–Crippen LogP) is 5.39. The van der Waals surface area contributed by atoms with E-state index in [2.05, 4.69) is 5.32 Å². The first-order valence-electron chi connectivity index (χ1n) is 12.0. The average molecular weight is 468 g/mol. The molecule has 4 aromatic rings. The second-order valence-electron chi connectivity index (χ2n) is 8.98. The first-order valence-corrected chi connectivity index (χ1v) is 12.0. The first-order chi connectivity index (χ1) is 17.1. The van der Waals surface area contributed by atoms with Crippen molar-refractivity contribution in [1.29, 1.82) is 0 Å². The molecule has 1 aromatic heterocycles. The number of amides is 3. The van der Waals surface area contributed by atoms with E-state index in [0.29, 0.717) is 37.5 Å². The van der Waals surface area contributed by atoms with Crippen molar-refractivity contribution < 1.29 is 14.0 Å². The van der Waals surface area contributed by atoms with E-state index in [1.54, 1.807) is 4.90 Å². The van der Waals surface area contributed by atoms with Gasteiger partial charge in [0.25, 0.3) is 5.91 Å². The summed E-state index contributed by atoms with van der Waals surface area (Å²) in [4.78, 5) is 30.0. The third-order valence-electron chi connectivity index (χ3n) is 6.47. The number of hydrogen-bond donors (Lipinski definition) is 1. The minimum absolute atomic E-state index is 0.0143. The molecular weight excluding hydrogens is 438 g/mol. The van der Waals surface area contributed by atoms with E-state index >= 15 is 0 Å². The molecule has 6 nitrogen and oxygen atoms in total. The number of rotatable bonds is 4. The van der Waals surface area contributed by atoms with Gasteiger partial charge >= 0.3 is 6.03 Å². The van der Waals surface area contributed by atoms with Gasteiger partial charge in [-0.15, -0.1) is 0 Å². The largest absolute Gasteiger partial charge is 0.459 e. The highest BCUT2D eigenvalue weighted by atomic mass is 16.3. The molecule has 0 saturated carbocycles. The topological polar surface area (TPSA) is 65.8 Å². The molecule has 0 aliphatic carbocycles. The zero-order valence-electron chi connectivity index (χ0n) is 19.8. The minimum Gasteiger partial charge on any atom is -0.459 e. The van der Waals surface area contributed by atoms with Gasteiger partial charge in [0.1, 0.15) is 17.4 Å². The number of hydrogen-bond acceptors (Lipinski definition) is 3. The van der Waals surface area contributed by atoms with E-state index in [1.807, 2.05) is 96.8 Å². The van der Waals surface area contributed by atoms with E-state index in [0.717, 1.165) is 28.5 Å². The molecule has 1 aliphatic rings. The summed E-state index contributed by atoms with van der Waals surface area (Å²) in [5.74, 6) is 0.706. The third kappa shape index (κ3) is 5.06. The highest BCUT2D eigenvalue weighted by molar-refractivity contribution is 5.94. The summed E-state index contributed by atoms with van der Waals surface area (Å²) in [6.07, 6.45) is 0.728. The average Bonchev–Trinajstić information content (AvgIpc) is 3.16. The van der Waals surface area contributed by atoms with Crippen LogP contribution in [-0.2, 0) is 0 Å². The molecular formula is C29H29N3O3. The molecule has 1 unspecified atom stereocenters. The zero-order chi connectivity index (χ0) is 24.2. The molecule has 178 valence electrons. The minimum atomic E-state index is -0.413. The van der Waals surface area contributed by atoms with E-state index in [-0.39, 0.29) is 11.9 Å². The molecule has 3 amide bonds. The Bertz CT molecular complexity index is 1300. The van der Waals surface area contributed by atoms with Crippen molar-refractivity contribution in [2.75, 3.05) is 26.2 Å². The van der Waals surface area contributed by atoms with Gasteiger partial charge in [0.05, 0.1) is 0 Å². The summed E-state index contributed by atoms with van der Waals surface area (Å²) in [5, 5.41) is 4.18. The van der Waals surface area contributed by atoms with Crippen molar-refractivity contribution in [1.82, 2.24) is 15.1 Å². The fourth-order valence-electron chi connectivity index (χ4n) is 4.61. The fraction of sp³-hybridized carbons (Fsp3) is 0.241. The number of furan rings is 1. The molecule has 6 heteroatoms. The van der Waals surface area contributed by atoms with Gasteiger partial charge in [-0.3, -0.25) is 4.79 Å². The highest BCUT2D eigenvalue weighted by Crippen LogP contribution is 2.28. The Morgan fingerprint density at radius 3 is 2.37 bits per heavy atom. The van der Waals surface area contributed by atoms with Crippen molar-refractivity contribution in [3.63, 3.8) is 0 Å². The number of nitrogens with zero attached hydrogens (tertiary/aromatic N) is 2. The maximum absolute atomic E-state index is 13.4. The van der Waals surface area contributed by atoms with Crippen molar-refractivity contribution in [3.8, 4) is 0 Å². The van der Waals surface area contributed by atoms with Crippen LogP contribution in [0.15, 0.2) is 89.3 Å². The van der Waals surface area contributed by atoms with Crippen LogP contribution in [0.25, 0.3) is 11.0 Å². The van der Waals surface area contributed by atoms with Crippen LogP contribution >= 0.6 is 0 Å². The molecule has 1 fully saturated rings. The quantitative estimate of drug-likeness (QED) is 0.438. The van der Waals surface area contributed by atoms with E-state index in [4.69, 9.17) is 4.42 Å². The molecule has 1 N–H and O–H groups in total. The van der Waals surface area contributed by atoms with Crippen LogP contribution in [0.4, 0.5) is 4.79 Å². The van der Waals surface area contributed by atoms with Crippen LogP contribution in [-0.4, -0.2) is 47.9 Å². The lowest BCUT2D eigenvalue weighted by Crippen LogP contribution is -2.44. The first kappa shape index (κ1) is 22.7. The van der Waals surface area contributed by atoms with Gasteiger partial charge in [-0.1, -0.05) is 66.2 Å². The van der Waals surface area contributed by atoms with Crippen molar-refractivity contribution in [3.05, 3.63) is 107 Å². The van der Waals surface area contributed by atoms with Gasteiger partial charge in [-0.25, -0.2) is 4.79 Å². The standard InChI is InChI=1S/C29H29N3O3/c1-21-9-7-13-24(19-21)28(33)31-15-8-16-32(18-17-31)29(34)30-27(22-10-3-2-4-11-22)26-20-23-12-5-6-14-25(23)35-26/h2-7,9-14,19-20,27H,8,15-18H2,1H3,(H,30,34). The monoisotopic (exact) mass is 467 g/mol. The summed E-state index contributed by atoms with van der Waals surface area (Å²) in [5.41, 5.74) is 3.49. The number of urea groups is 1. The van der Waals surface area contributed by atoms with Crippen LogP contribution in [0, 0.1) is 6.92 Å². The Hall–Kier alpha value is -4.06. The zero-order valence-corrected chi connectivity index (χ0v) is 19.8. The smallest absolute Gasteiger partial charge is 0.318 e. The number of carbonyl (C=O) groups is 2. The third-order valence-corrected chi connectivity index (χ3v) is 6.47. The van der Waals surface area contributed by atoms with E-state index < -0.39 is 6.04 Å². The molecule has 0 bridgehead atoms. The van der Waals surface area contributed by atoms with Gasteiger partial charge in [0.15, 0.2) is 0 Å². The molecule has 35 heavy (non-hydrogen) atoms. The fourth-order valence-corrected chi connectivity index (χ4v) is 4.61. The van der Waals surface area contributed by atoms with E-state index in [1.165, 1.54) is 0 Å². The summed E-state index contributed by atoms with van der Waals surface area (Å²) >= 11 is 0. The van der Waals surface area contributed by atoms with Crippen molar-refractivity contribution in [2.45, 2.75) is 19.4 Å². The normalized spacial score (nSPS) is 15.0. The molecule has 5 rings (SSSR count). The number of fused-ring (bicyclic) bond motifs is 1. The second kappa shape index (κ2) is 10.1. The van der Waals surface area contributed by atoms with Gasteiger partial charge in [0, 0.05) is 37.1 Å². The molecule has 1 saturated heterocycles. The van der Waals surface area contributed by atoms with Gasteiger partial charge < -0.3 is 19.5 Å². The molecule has 0 spiro atoms. The molecule has 2 heterocycles. The van der Waals surface area contributed by atoms with Crippen LogP contribution in [0.2, 0.25) is 0 Å². The van der Waals surface area contributed by atoms with Crippen LogP contribution in [0.3, 0.4) is 0 Å². The Labute approximate surface area is 205 Å². The van der Waals surface area contributed by atoms with Crippen LogP contribution < -0.4 is 5.32 Å². The number of nitrogens with one attached hydrogen (secondary N) is 1. The van der Waals surface area contributed by atoms with Gasteiger partial charge in [0.2, 0.25) is 0 Å². The van der Waals surface area contributed by atoms with Crippen LogP contribution in [0.1, 0.15) is 39.7 Å². The Kier molecular flexibility index (Phi) is 6.53. The van der Waals surface area contributed by atoms with Crippen molar-refractivity contribution in [2.24, 2.45) is 0 Å². The molecule has 0 radical (unpaired) electrons. The Morgan fingerprint density at radius 2 is 1.57 bits per heavy atom. The summed E-state index contributed by atoms with van der Waals surface area (Å²) in [6.45, 7) is 4.18. The number of aryl methyl sites for hydroxylation is 1. The predicted molar refractivity (Wildman–Crippen MR) is 136 cm³/mol. The number of carbonyl (C=O) groups excluding carboxylic acids is 2. The molecule has 1 atom stereocenters. The molecule has 3 aromatic carbocycles. The van der Waals surface area contributed by atoms with Gasteiger partial charge in [-0.2, -0.15) is 0 Å². The van der Waals surface area contributed by atoms with E-state index in [9.17, 15) is 9.59 Å². The number of para-hydroxylation sites is 1. The maximum atomic E-state index is 13.4. The summed E-state index contributed by atoms with van der Waals surface area (Å²) in [6, 6.07) is 26.7.